The van der Waals surface area contributed by atoms with E-state index in [4.69, 9.17) is 8.83 Å². The molecule has 0 radical (unpaired) electrons. The molecular weight excluding hydrogens is 422 g/mol. The summed E-state index contributed by atoms with van der Waals surface area (Å²) in [7, 11) is -2.46. The molecule has 0 amide bonds. The second-order valence-corrected chi connectivity index (χ2v) is 17.0. The van der Waals surface area contributed by atoms with Gasteiger partial charge in [-0.05, 0) is 0 Å². The van der Waals surface area contributed by atoms with Crippen molar-refractivity contribution in [1.29, 1.82) is 0 Å². The van der Waals surface area contributed by atoms with Crippen LogP contribution < -0.4 is 0 Å². The van der Waals surface area contributed by atoms with Crippen LogP contribution in [0.25, 0.3) is 0 Å². The van der Waals surface area contributed by atoms with Crippen LogP contribution in [-0.2, 0) is 13.4 Å². The SMILES string of the molecule is CCCCCCP(CCCC)(CCCC)(CCCC)O[PH](=O)OCC(CC)CCCC. The third-order valence-electron chi connectivity index (χ3n) is 7.12. The van der Waals surface area contributed by atoms with Crippen molar-refractivity contribution in [2.24, 2.45) is 5.92 Å². The fraction of sp³-hybridized carbons (Fsp3) is 1.00. The molecule has 0 rings (SSSR count). The first-order valence-electron chi connectivity index (χ1n) is 13.8. The Labute approximate surface area is 197 Å². The summed E-state index contributed by atoms with van der Waals surface area (Å²) in [5, 5.41) is 0. The maximum atomic E-state index is 13.3. The summed E-state index contributed by atoms with van der Waals surface area (Å²) in [5.74, 6) is 0.509. The molecule has 0 aromatic carbocycles. The van der Waals surface area contributed by atoms with Crippen LogP contribution in [0.2, 0.25) is 0 Å². The maximum absolute atomic E-state index is 13.3. The van der Waals surface area contributed by atoms with E-state index in [0.29, 0.717) is 12.5 Å². The van der Waals surface area contributed by atoms with Crippen LogP contribution in [0.4, 0.5) is 0 Å². The van der Waals surface area contributed by atoms with Gasteiger partial charge in [0.15, 0.2) is 0 Å². The Morgan fingerprint density at radius 2 is 1.13 bits per heavy atom. The predicted octanol–water partition coefficient (Wildman–Crippen LogP) is 10.1. The van der Waals surface area contributed by atoms with Gasteiger partial charge in [0.1, 0.15) is 0 Å². The van der Waals surface area contributed by atoms with Crippen LogP contribution in [0, 0.1) is 5.92 Å². The third kappa shape index (κ3) is 13.2. The van der Waals surface area contributed by atoms with Crippen molar-refractivity contribution in [3.8, 4) is 0 Å². The van der Waals surface area contributed by atoms with Gasteiger partial charge in [0.2, 0.25) is 0 Å². The van der Waals surface area contributed by atoms with Crippen molar-refractivity contribution in [3.05, 3.63) is 0 Å². The van der Waals surface area contributed by atoms with E-state index in [1.807, 2.05) is 0 Å². The zero-order valence-corrected chi connectivity index (χ0v) is 24.1. The molecule has 0 aromatic heterocycles. The average molecular weight is 481 g/mol. The van der Waals surface area contributed by atoms with Crippen molar-refractivity contribution in [1.82, 2.24) is 0 Å². The van der Waals surface area contributed by atoms with Gasteiger partial charge in [-0.2, -0.15) is 0 Å². The Morgan fingerprint density at radius 3 is 1.58 bits per heavy atom. The fourth-order valence-electron chi connectivity index (χ4n) is 4.79. The van der Waals surface area contributed by atoms with E-state index in [1.54, 1.807) is 0 Å². The Hall–Kier alpha value is 0.580. The van der Waals surface area contributed by atoms with Crippen LogP contribution in [0.1, 0.15) is 131 Å². The van der Waals surface area contributed by atoms with Gasteiger partial charge in [0.05, 0.1) is 0 Å². The van der Waals surface area contributed by atoms with Gasteiger partial charge < -0.3 is 0 Å². The van der Waals surface area contributed by atoms with Crippen LogP contribution in [0.5, 0.6) is 0 Å². The summed E-state index contributed by atoms with van der Waals surface area (Å²) in [6.07, 6.45) is 21.5. The molecule has 5 heteroatoms. The molecule has 0 saturated carbocycles. The minimum absolute atomic E-state index is 0.509. The fourth-order valence-corrected chi connectivity index (χ4v) is 14.2. The van der Waals surface area contributed by atoms with E-state index in [9.17, 15) is 4.57 Å². The predicted molar refractivity (Wildman–Crippen MR) is 145 cm³/mol. The molecule has 0 aromatic rings. The molecule has 0 fully saturated rings. The van der Waals surface area contributed by atoms with Gasteiger partial charge in [0, 0.05) is 0 Å². The first-order chi connectivity index (χ1) is 14.9. The summed E-state index contributed by atoms with van der Waals surface area (Å²) in [6.45, 7) is 11.6. The molecule has 0 heterocycles. The number of unbranched alkanes of at least 4 members (excludes halogenated alkanes) is 7. The van der Waals surface area contributed by atoms with E-state index < -0.39 is 15.1 Å². The number of rotatable bonds is 23. The molecule has 0 spiro atoms. The van der Waals surface area contributed by atoms with Gasteiger partial charge in [-0.3, -0.25) is 0 Å². The first-order valence-corrected chi connectivity index (χ1v) is 17.9. The molecule has 2 atom stereocenters. The van der Waals surface area contributed by atoms with Crippen LogP contribution in [-0.4, -0.2) is 31.3 Å². The molecule has 0 N–H and O–H groups in total. The summed E-state index contributed by atoms with van der Waals surface area (Å²) < 4.78 is 26.2. The van der Waals surface area contributed by atoms with E-state index in [1.165, 1.54) is 89.6 Å². The minimum atomic E-state index is -2.52. The summed E-state index contributed by atoms with van der Waals surface area (Å²) in [5.41, 5.74) is 0. The van der Waals surface area contributed by atoms with Gasteiger partial charge in [-0.1, -0.05) is 0 Å². The van der Waals surface area contributed by atoms with Crippen molar-refractivity contribution in [2.45, 2.75) is 131 Å². The Balaban J connectivity index is 5.58. The molecule has 0 aliphatic heterocycles. The van der Waals surface area contributed by atoms with Gasteiger partial charge in [0.25, 0.3) is 0 Å². The van der Waals surface area contributed by atoms with Crippen molar-refractivity contribution in [3.63, 3.8) is 0 Å². The standard InChI is InChI=1S/C26H58O3P2/c1-7-13-18-19-24-31(21-15-9-3,22-16-10-4,23-17-11-5)29-30(27)28-25-26(12-6)20-14-8-2/h26,30H,7-25H2,1-6H3. The summed E-state index contributed by atoms with van der Waals surface area (Å²) >= 11 is 0. The molecule has 31 heavy (non-hydrogen) atoms. The van der Waals surface area contributed by atoms with E-state index >= 15 is 0 Å². The molecule has 190 valence electrons. The molecule has 3 nitrogen and oxygen atoms in total. The van der Waals surface area contributed by atoms with Crippen LogP contribution in [0.15, 0.2) is 0 Å². The molecule has 0 aliphatic carbocycles. The second-order valence-electron chi connectivity index (χ2n) is 9.94. The Bertz CT molecular complexity index is 418. The van der Waals surface area contributed by atoms with E-state index in [0.717, 1.165) is 24.9 Å². The van der Waals surface area contributed by atoms with Crippen molar-refractivity contribution in [2.75, 3.05) is 31.3 Å². The second kappa shape index (κ2) is 18.9. The van der Waals surface area contributed by atoms with Gasteiger partial charge in [-0.15, -0.1) is 0 Å². The molecule has 0 saturated heterocycles. The monoisotopic (exact) mass is 480 g/mol. The number of hydrogen-bond acceptors (Lipinski definition) is 3. The first kappa shape index (κ1) is 31.6. The quantitative estimate of drug-likeness (QED) is 0.108. The van der Waals surface area contributed by atoms with E-state index in [2.05, 4.69) is 41.5 Å². The zero-order valence-electron chi connectivity index (χ0n) is 22.2. The third-order valence-corrected chi connectivity index (χ3v) is 16.0. The van der Waals surface area contributed by atoms with Crippen molar-refractivity contribution >= 4 is 15.1 Å². The molecular formula is C26H58O3P2. The molecule has 2 unspecified atom stereocenters. The zero-order chi connectivity index (χ0) is 23.5. The average Bonchev–Trinajstić information content (AvgIpc) is 2.78. The summed E-state index contributed by atoms with van der Waals surface area (Å²) in [4.78, 5) is 0. The topological polar surface area (TPSA) is 35.5 Å². The van der Waals surface area contributed by atoms with Crippen molar-refractivity contribution < 1.29 is 13.4 Å². The van der Waals surface area contributed by atoms with Gasteiger partial charge in [-0.25, -0.2) is 0 Å². The van der Waals surface area contributed by atoms with Crippen LogP contribution in [0.3, 0.4) is 0 Å². The van der Waals surface area contributed by atoms with Crippen LogP contribution >= 0.6 is 15.1 Å². The Morgan fingerprint density at radius 1 is 0.645 bits per heavy atom. The Kier molecular flexibility index (Phi) is 19.3. The molecule has 0 bridgehead atoms. The number of hydrogen-bond donors (Lipinski definition) is 0. The van der Waals surface area contributed by atoms with E-state index in [-0.39, 0.29) is 0 Å². The molecule has 0 aliphatic rings. The van der Waals surface area contributed by atoms with Gasteiger partial charge >= 0.3 is 197 Å². The normalized spacial score (nSPS) is 15.5. The summed E-state index contributed by atoms with van der Waals surface area (Å²) in [6, 6.07) is 0.